The lowest BCUT2D eigenvalue weighted by molar-refractivity contribution is -0.137. The molecule has 0 saturated carbocycles. The fourth-order valence-corrected chi connectivity index (χ4v) is 4.24. The number of carbonyl (C=O) groups is 2. The van der Waals surface area contributed by atoms with Crippen molar-refractivity contribution in [3.05, 3.63) is 93.5 Å². The van der Waals surface area contributed by atoms with Crippen molar-refractivity contribution in [2.75, 3.05) is 6.61 Å². The number of carboxylic acid groups (broad SMARTS) is 1. The molecule has 1 atom stereocenters. The Balaban J connectivity index is 1.49. The normalized spacial score (nSPS) is 13.2. The van der Waals surface area contributed by atoms with Crippen LogP contribution in [0.3, 0.4) is 0 Å². The van der Waals surface area contributed by atoms with Gasteiger partial charge in [-0.2, -0.15) is 0 Å². The van der Waals surface area contributed by atoms with E-state index in [1.165, 1.54) is 0 Å². The van der Waals surface area contributed by atoms with Crippen molar-refractivity contribution >= 4 is 35.3 Å². The van der Waals surface area contributed by atoms with E-state index in [9.17, 15) is 14.7 Å². The molecule has 1 amide bonds. The maximum absolute atomic E-state index is 12.6. The summed E-state index contributed by atoms with van der Waals surface area (Å²) in [4.78, 5) is 23.9. The van der Waals surface area contributed by atoms with Crippen molar-refractivity contribution in [1.29, 1.82) is 0 Å². The Morgan fingerprint density at radius 2 is 1.55 bits per heavy atom. The molecule has 31 heavy (non-hydrogen) atoms. The van der Waals surface area contributed by atoms with Crippen LogP contribution in [0.2, 0.25) is 10.0 Å². The summed E-state index contributed by atoms with van der Waals surface area (Å²) in [6.07, 6.45) is -1.01. The topological polar surface area (TPSA) is 75.6 Å². The standard InChI is InChI=1S/C24H19Cl2NO4/c25-20-10-9-14(11-21(20)26)22(12-23(28)29)27-24(30)31-13-19-17-7-3-1-5-15(17)16-6-2-4-8-18(16)19/h1-11,19,22H,12-13H2,(H,27,30)(H,28,29)/t22-/m1/s1. The van der Waals surface area contributed by atoms with E-state index in [0.29, 0.717) is 10.6 Å². The van der Waals surface area contributed by atoms with Crippen LogP contribution in [0.4, 0.5) is 4.79 Å². The highest BCUT2D eigenvalue weighted by atomic mass is 35.5. The molecule has 1 aliphatic carbocycles. The van der Waals surface area contributed by atoms with Crippen LogP contribution in [0.25, 0.3) is 11.1 Å². The minimum absolute atomic E-state index is 0.0824. The minimum atomic E-state index is -1.06. The van der Waals surface area contributed by atoms with Gasteiger partial charge >= 0.3 is 12.1 Å². The Hall–Kier alpha value is -3.02. The van der Waals surface area contributed by atoms with Crippen LogP contribution in [0.1, 0.15) is 35.1 Å². The first-order valence-corrected chi connectivity index (χ1v) is 10.5. The molecule has 0 unspecified atom stereocenters. The maximum atomic E-state index is 12.6. The zero-order valence-corrected chi connectivity index (χ0v) is 17.9. The molecule has 0 aromatic heterocycles. The van der Waals surface area contributed by atoms with Crippen LogP contribution in [-0.2, 0) is 9.53 Å². The minimum Gasteiger partial charge on any atom is -0.481 e. The molecule has 0 bridgehead atoms. The van der Waals surface area contributed by atoms with Crippen LogP contribution >= 0.6 is 23.2 Å². The zero-order chi connectivity index (χ0) is 22.0. The molecule has 5 nitrogen and oxygen atoms in total. The molecule has 0 fully saturated rings. The van der Waals surface area contributed by atoms with Crippen molar-refractivity contribution in [3.63, 3.8) is 0 Å². The van der Waals surface area contributed by atoms with Gasteiger partial charge in [0.05, 0.1) is 22.5 Å². The zero-order valence-electron chi connectivity index (χ0n) is 16.3. The van der Waals surface area contributed by atoms with Crippen LogP contribution < -0.4 is 5.32 Å². The summed E-state index contributed by atoms with van der Waals surface area (Å²) < 4.78 is 5.53. The molecule has 1 aliphatic rings. The van der Waals surface area contributed by atoms with Gasteiger partial charge in [0.15, 0.2) is 0 Å². The van der Waals surface area contributed by atoms with Crippen LogP contribution in [0.15, 0.2) is 66.7 Å². The Labute approximate surface area is 189 Å². The smallest absolute Gasteiger partial charge is 0.407 e. The SMILES string of the molecule is O=C(O)C[C@@H](NC(=O)OCC1c2ccccc2-c2ccccc21)c1ccc(Cl)c(Cl)c1. The molecule has 7 heteroatoms. The maximum Gasteiger partial charge on any atom is 0.407 e. The van der Waals surface area contributed by atoms with E-state index >= 15 is 0 Å². The molecule has 0 saturated heterocycles. The first kappa shape index (κ1) is 21.2. The Morgan fingerprint density at radius 3 is 2.13 bits per heavy atom. The fourth-order valence-electron chi connectivity index (χ4n) is 3.94. The highest BCUT2D eigenvalue weighted by Gasteiger charge is 2.29. The monoisotopic (exact) mass is 455 g/mol. The second kappa shape index (κ2) is 9.00. The first-order chi connectivity index (χ1) is 14.9. The Morgan fingerprint density at radius 1 is 0.935 bits per heavy atom. The number of benzene rings is 3. The molecule has 158 valence electrons. The number of aliphatic carboxylic acids is 1. The van der Waals surface area contributed by atoms with E-state index < -0.39 is 18.1 Å². The van der Waals surface area contributed by atoms with E-state index in [1.807, 2.05) is 36.4 Å². The van der Waals surface area contributed by atoms with Crippen molar-refractivity contribution in [2.45, 2.75) is 18.4 Å². The van der Waals surface area contributed by atoms with Crippen LogP contribution in [0.5, 0.6) is 0 Å². The number of alkyl carbamates (subject to hydrolysis) is 1. The van der Waals surface area contributed by atoms with Crippen molar-refractivity contribution in [2.24, 2.45) is 0 Å². The van der Waals surface area contributed by atoms with Crippen LogP contribution in [0, 0.1) is 0 Å². The number of rotatable bonds is 6. The van der Waals surface area contributed by atoms with E-state index in [2.05, 4.69) is 17.4 Å². The lowest BCUT2D eigenvalue weighted by Gasteiger charge is -2.19. The Kier molecular flexibility index (Phi) is 6.16. The van der Waals surface area contributed by atoms with E-state index in [-0.39, 0.29) is 24.0 Å². The number of hydrogen-bond acceptors (Lipinski definition) is 3. The number of fused-ring (bicyclic) bond motifs is 3. The number of nitrogens with one attached hydrogen (secondary N) is 1. The largest absolute Gasteiger partial charge is 0.481 e. The molecular formula is C24H19Cl2NO4. The number of amides is 1. The average molecular weight is 456 g/mol. The molecule has 2 N–H and O–H groups in total. The molecule has 0 radical (unpaired) electrons. The Bertz CT molecular complexity index is 1100. The second-order valence-corrected chi connectivity index (χ2v) is 8.11. The summed E-state index contributed by atoms with van der Waals surface area (Å²) in [5, 5.41) is 12.5. The first-order valence-electron chi connectivity index (χ1n) is 9.72. The van der Waals surface area contributed by atoms with Gasteiger partial charge in [-0.3, -0.25) is 4.79 Å². The van der Waals surface area contributed by atoms with E-state index in [4.69, 9.17) is 27.9 Å². The highest BCUT2D eigenvalue weighted by Crippen LogP contribution is 2.44. The highest BCUT2D eigenvalue weighted by molar-refractivity contribution is 6.42. The summed E-state index contributed by atoms with van der Waals surface area (Å²) in [5.41, 5.74) is 5.00. The molecule has 3 aromatic rings. The number of hydrogen-bond donors (Lipinski definition) is 2. The second-order valence-electron chi connectivity index (χ2n) is 7.29. The van der Waals surface area contributed by atoms with Gasteiger partial charge in [0.2, 0.25) is 0 Å². The molecule has 0 spiro atoms. The van der Waals surface area contributed by atoms with Crippen LogP contribution in [-0.4, -0.2) is 23.8 Å². The van der Waals surface area contributed by atoms with Gasteiger partial charge in [-0.1, -0.05) is 77.8 Å². The van der Waals surface area contributed by atoms with Gasteiger partial charge in [-0.15, -0.1) is 0 Å². The number of carbonyl (C=O) groups excluding carboxylic acids is 1. The van der Waals surface area contributed by atoms with Gasteiger partial charge < -0.3 is 15.2 Å². The van der Waals surface area contributed by atoms with Crippen molar-refractivity contribution in [1.82, 2.24) is 5.32 Å². The summed E-state index contributed by atoms with van der Waals surface area (Å²) in [5.74, 6) is -1.14. The number of carboxylic acids is 1. The number of halogens is 2. The van der Waals surface area contributed by atoms with Gasteiger partial charge in [-0.25, -0.2) is 4.79 Å². The quantitative estimate of drug-likeness (QED) is 0.474. The predicted molar refractivity (Wildman–Crippen MR) is 120 cm³/mol. The third-order valence-electron chi connectivity index (χ3n) is 5.36. The number of ether oxygens (including phenoxy) is 1. The van der Waals surface area contributed by atoms with Gasteiger partial charge in [-0.05, 0) is 39.9 Å². The third-order valence-corrected chi connectivity index (χ3v) is 6.10. The van der Waals surface area contributed by atoms with Gasteiger partial charge in [0.1, 0.15) is 6.61 Å². The molecule has 0 heterocycles. The summed E-state index contributed by atoms with van der Waals surface area (Å²) >= 11 is 12.0. The lowest BCUT2D eigenvalue weighted by Crippen LogP contribution is -2.31. The fraction of sp³-hybridized carbons (Fsp3) is 0.167. The summed E-state index contributed by atoms with van der Waals surface area (Å²) in [6, 6.07) is 20.0. The van der Waals surface area contributed by atoms with Gasteiger partial charge in [0.25, 0.3) is 0 Å². The molecule has 3 aromatic carbocycles. The van der Waals surface area contributed by atoms with E-state index in [1.54, 1.807) is 18.2 Å². The summed E-state index contributed by atoms with van der Waals surface area (Å²) in [7, 11) is 0. The molecular weight excluding hydrogens is 437 g/mol. The van der Waals surface area contributed by atoms with E-state index in [0.717, 1.165) is 22.3 Å². The average Bonchev–Trinajstić information content (AvgIpc) is 3.07. The lowest BCUT2D eigenvalue weighted by atomic mass is 9.98. The summed E-state index contributed by atoms with van der Waals surface area (Å²) in [6.45, 7) is 0.140. The third kappa shape index (κ3) is 4.53. The molecule has 0 aliphatic heterocycles. The van der Waals surface area contributed by atoms with Gasteiger partial charge in [0, 0.05) is 5.92 Å². The molecule has 4 rings (SSSR count). The van der Waals surface area contributed by atoms with Crippen molar-refractivity contribution < 1.29 is 19.4 Å². The van der Waals surface area contributed by atoms with Crippen molar-refractivity contribution in [3.8, 4) is 11.1 Å². The predicted octanol–water partition coefficient (Wildman–Crippen LogP) is 6.05.